The number of ether oxygens (including phenoxy) is 2. The lowest BCUT2D eigenvalue weighted by molar-refractivity contribution is -0.187. The standard InChI is InChI=1S/C46H85NO2/c1-6-9-11-13-15-17-19-21-23-25-27-29-31-33-35-37-39-44-45(49-46(48-44,41-8-3)42-43-47(4)5)40-38-36-34-32-30-28-26-24-22-20-18-16-14-12-10-7-2/h15-18,21-24,44-45H,6-14,19-20,25-43H2,1-5H3/b17-15-,18-16-,23-21-,24-22-. The van der Waals surface area contributed by atoms with Crippen LogP contribution in [0.5, 0.6) is 0 Å². The highest BCUT2D eigenvalue weighted by molar-refractivity contribution is 4.93. The van der Waals surface area contributed by atoms with Gasteiger partial charge in [-0.1, -0.05) is 166 Å². The highest BCUT2D eigenvalue weighted by Crippen LogP contribution is 2.39. The Labute approximate surface area is 307 Å². The fourth-order valence-electron chi connectivity index (χ4n) is 7.02. The van der Waals surface area contributed by atoms with Gasteiger partial charge in [0.25, 0.3) is 0 Å². The van der Waals surface area contributed by atoms with Crippen LogP contribution < -0.4 is 0 Å². The normalized spacial score (nSPS) is 20.1. The smallest absolute Gasteiger partial charge is 0.170 e. The van der Waals surface area contributed by atoms with Crippen molar-refractivity contribution in [1.82, 2.24) is 4.90 Å². The highest BCUT2D eigenvalue weighted by atomic mass is 16.8. The second-order valence-corrected chi connectivity index (χ2v) is 15.3. The van der Waals surface area contributed by atoms with Crippen molar-refractivity contribution in [2.45, 2.75) is 225 Å². The topological polar surface area (TPSA) is 21.7 Å². The SMILES string of the molecule is CCCCC/C=C\C/C=C\CCCCCCCCC1OC(CCC)(CCN(C)C)OC1CCCCCCCC/C=C\C/C=C\CCCCC. The van der Waals surface area contributed by atoms with E-state index in [0.717, 1.165) is 51.5 Å². The van der Waals surface area contributed by atoms with E-state index < -0.39 is 0 Å². The Morgan fingerprint density at radius 2 is 0.796 bits per heavy atom. The van der Waals surface area contributed by atoms with Gasteiger partial charge in [-0.15, -0.1) is 0 Å². The number of unbranched alkanes of at least 4 members (excludes halogenated alkanes) is 18. The Morgan fingerprint density at radius 3 is 1.16 bits per heavy atom. The number of hydrogen-bond donors (Lipinski definition) is 0. The van der Waals surface area contributed by atoms with Crippen LogP contribution in [0.1, 0.15) is 207 Å². The van der Waals surface area contributed by atoms with Crippen molar-refractivity contribution in [2.24, 2.45) is 0 Å². The van der Waals surface area contributed by atoms with Crippen molar-refractivity contribution in [2.75, 3.05) is 20.6 Å². The minimum Gasteiger partial charge on any atom is -0.344 e. The van der Waals surface area contributed by atoms with Gasteiger partial charge in [-0.3, -0.25) is 0 Å². The number of rotatable bonds is 35. The predicted octanol–water partition coefficient (Wildman–Crippen LogP) is 14.6. The Hall–Kier alpha value is -1.16. The van der Waals surface area contributed by atoms with Gasteiger partial charge >= 0.3 is 0 Å². The molecule has 2 atom stereocenters. The summed E-state index contributed by atoms with van der Waals surface area (Å²) in [7, 11) is 4.33. The Morgan fingerprint density at radius 1 is 0.429 bits per heavy atom. The molecule has 0 saturated carbocycles. The zero-order valence-electron chi connectivity index (χ0n) is 33.8. The van der Waals surface area contributed by atoms with Crippen molar-refractivity contribution in [1.29, 1.82) is 0 Å². The minimum atomic E-state index is -0.370. The summed E-state index contributed by atoms with van der Waals surface area (Å²) in [6.45, 7) is 7.84. The maximum Gasteiger partial charge on any atom is 0.170 e. The van der Waals surface area contributed by atoms with Crippen LogP contribution in [0.4, 0.5) is 0 Å². The van der Waals surface area contributed by atoms with E-state index in [4.69, 9.17) is 9.47 Å². The maximum absolute atomic E-state index is 6.88. The van der Waals surface area contributed by atoms with Crippen LogP contribution in [0.2, 0.25) is 0 Å². The monoisotopic (exact) mass is 684 g/mol. The van der Waals surface area contributed by atoms with E-state index in [1.807, 2.05) is 0 Å². The van der Waals surface area contributed by atoms with E-state index in [1.54, 1.807) is 0 Å². The number of hydrogen-bond acceptors (Lipinski definition) is 3. The summed E-state index contributed by atoms with van der Waals surface area (Å²) in [6.07, 6.45) is 56.1. The summed E-state index contributed by atoms with van der Waals surface area (Å²) in [5.74, 6) is -0.370. The molecule has 0 aromatic heterocycles. The molecule has 0 aromatic rings. The Balaban J connectivity index is 2.28. The molecule has 1 rings (SSSR count). The summed E-state index contributed by atoms with van der Waals surface area (Å²) in [6, 6.07) is 0. The molecular formula is C46H85NO2. The lowest BCUT2D eigenvalue weighted by Gasteiger charge is -2.29. The molecule has 1 fully saturated rings. The zero-order chi connectivity index (χ0) is 35.5. The summed E-state index contributed by atoms with van der Waals surface area (Å²) < 4.78 is 13.8. The van der Waals surface area contributed by atoms with Crippen molar-refractivity contribution >= 4 is 0 Å². The van der Waals surface area contributed by atoms with Crippen molar-refractivity contribution in [3.63, 3.8) is 0 Å². The van der Waals surface area contributed by atoms with Gasteiger partial charge in [-0.25, -0.2) is 0 Å². The second kappa shape index (κ2) is 34.0. The van der Waals surface area contributed by atoms with E-state index in [9.17, 15) is 0 Å². The first-order valence-electron chi connectivity index (χ1n) is 21.7. The molecule has 1 aliphatic rings. The molecule has 0 radical (unpaired) electrons. The molecule has 3 nitrogen and oxygen atoms in total. The van der Waals surface area contributed by atoms with Gasteiger partial charge in [0.1, 0.15) is 0 Å². The van der Waals surface area contributed by atoms with Crippen LogP contribution >= 0.6 is 0 Å². The first kappa shape index (κ1) is 45.9. The quantitative estimate of drug-likeness (QED) is 0.0490. The van der Waals surface area contributed by atoms with E-state index in [1.165, 1.54) is 141 Å². The van der Waals surface area contributed by atoms with Gasteiger partial charge in [0, 0.05) is 19.4 Å². The molecule has 0 bridgehead atoms. The minimum absolute atomic E-state index is 0.275. The molecule has 0 amide bonds. The van der Waals surface area contributed by atoms with E-state index in [-0.39, 0.29) is 18.0 Å². The van der Waals surface area contributed by atoms with Gasteiger partial charge < -0.3 is 14.4 Å². The van der Waals surface area contributed by atoms with Gasteiger partial charge in [0.2, 0.25) is 0 Å². The summed E-state index contributed by atoms with van der Waals surface area (Å²) in [5, 5.41) is 0. The molecule has 3 heteroatoms. The molecule has 2 unspecified atom stereocenters. The average molecular weight is 684 g/mol. The van der Waals surface area contributed by atoms with Crippen LogP contribution in [-0.2, 0) is 9.47 Å². The molecule has 1 saturated heterocycles. The van der Waals surface area contributed by atoms with E-state index >= 15 is 0 Å². The third-order valence-corrected chi connectivity index (χ3v) is 10.1. The van der Waals surface area contributed by atoms with E-state index in [2.05, 4.69) is 88.4 Å². The van der Waals surface area contributed by atoms with Crippen LogP contribution in [0, 0.1) is 0 Å². The van der Waals surface area contributed by atoms with Crippen molar-refractivity contribution < 1.29 is 9.47 Å². The molecule has 0 aliphatic carbocycles. The van der Waals surface area contributed by atoms with Gasteiger partial charge in [0.15, 0.2) is 5.79 Å². The van der Waals surface area contributed by atoms with Crippen LogP contribution in [0.25, 0.3) is 0 Å². The molecule has 0 aromatic carbocycles. The average Bonchev–Trinajstić information content (AvgIpc) is 3.44. The lowest BCUT2D eigenvalue weighted by atomic mass is 9.99. The summed E-state index contributed by atoms with van der Waals surface area (Å²) in [4.78, 5) is 2.28. The number of nitrogens with zero attached hydrogens (tertiary/aromatic N) is 1. The first-order chi connectivity index (χ1) is 24.1. The van der Waals surface area contributed by atoms with Gasteiger partial charge in [-0.05, 0) is 91.1 Å². The fraction of sp³-hybridized carbons (Fsp3) is 0.826. The van der Waals surface area contributed by atoms with Crippen LogP contribution in [0.3, 0.4) is 0 Å². The highest BCUT2D eigenvalue weighted by Gasteiger charge is 2.45. The third kappa shape index (κ3) is 27.2. The van der Waals surface area contributed by atoms with E-state index in [0.29, 0.717) is 0 Å². The summed E-state index contributed by atoms with van der Waals surface area (Å²) in [5.41, 5.74) is 0. The third-order valence-electron chi connectivity index (χ3n) is 10.1. The lowest BCUT2D eigenvalue weighted by Crippen LogP contribution is -2.35. The Kier molecular flexibility index (Phi) is 31.8. The largest absolute Gasteiger partial charge is 0.344 e. The van der Waals surface area contributed by atoms with Crippen LogP contribution in [-0.4, -0.2) is 43.5 Å². The van der Waals surface area contributed by atoms with Crippen molar-refractivity contribution in [3.05, 3.63) is 48.6 Å². The zero-order valence-corrected chi connectivity index (χ0v) is 33.8. The first-order valence-corrected chi connectivity index (χ1v) is 21.7. The molecule has 1 aliphatic heterocycles. The van der Waals surface area contributed by atoms with Crippen LogP contribution in [0.15, 0.2) is 48.6 Å². The fourth-order valence-corrected chi connectivity index (χ4v) is 7.02. The summed E-state index contributed by atoms with van der Waals surface area (Å²) >= 11 is 0. The molecule has 286 valence electrons. The molecule has 0 spiro atoms. The second-order valence-electron chi connectivity index (χ2n) is 15.3. The van der Waals surface area contributed by atoms with Crippen molar-refractivity contribution in [3.8, 4) is 0 Å². The number of allylic oxidation sites excluding steroid dienone is 8. The Bertz CT molecular complexity index is 756. The molecule has 49 heavy (non-hydrogen) atoms. The molecule has 1 heterocycles. The predicted molar refractivity (Wildman–Crippen MR) is 219 cm³/mol. The van der Waals surface area contributed by atoms with Gasteiger partial charge in [0.05, 0.1) is 12.2 Å². The molecule has 0 N–H and O–H groups in total. The van der Waals surface area contributed by atoms with Gasteiger partial charge in [-0.2, -0.15) is 0 Å². The maximum atomic E-state index is 6.88. The molecular weight excluding hydrogens is 599 g/mol.